The zero-order valence-electron chi connectivity index (χ0n) is 10.9. The minimum atomic E-state index is 0.306. The van der Waals surface area contributed by atoms with Gasteiger partial charge in [0, 0.05) is 6.20 Å². The number of benzene rings is 1. The maximum absolute atomic E-state index is 5.75. The van der Waals surface area contributed by atoms with Gasteiger partial charge in [-0.25, -0.2) is 9.97 Å². The van der Waals surface area contributed by atoms with E-state index in [0.29, 0.717) is 18.2 Å². The van der Waals surface area contributed by atoms with E-state index in [1.165, 1.54) is 5.56 Å². The largest absolute Gasteiger partial charge is 0.484 e. The van der Waals surface area contributed by atoms with E-state index in [0.717, 1.165) is 16.8 Å². The Morgan fingerprint density at radius 3 is 2.89 bits per heavy atom. The number of oxazole rings is 1. The van der Waals surface area contributed by atoms with Crippen molar-refractivity contribution in [2.45, 2.75) is 20.5 Å². The highest BCUT2D eigenvalue weighted by atomic mass is 16.5. The second-order valence-corrected chi connectivity index (χ2v) is 4.42. The minimum absolute atomic E-state index is 0.306. The molecule has 0 atom stereocenters. The zero-order chi connectivity index (χ0) is 13.2. The van der Waals surface area contributed by atoms with Crippen LogP contribution >= 0.6 is 0 Å². The summed E-state index contributed by atoms with van der Waals surface area (Å²) in [5.41, 5.74) is 3.64. The van der Waals surface area contributed by atoms with Crippen LogP contribution in [-0.2, 0) is 6.61 Å². The highest BCUT2D eigenvalue weighted by Crippen LogP contribution is 2.22. The van der Waals surface area contributed by atoms with Gasteiger partial charge in [-0.1, -0.05) is 12.1 Å². The third kappa shape index (κ3) is 2.29. The summed E-state index contributed by atoms with van der Waals surface area (Å²) >= 11 is 0. The monoisotopic (exact) mass is 254 g/mol. The van der Waals surface area contributed by atoms with Crippen LogP contribution in [-0.4, -0.2) is 9.97 Å². The first-order chi connectivity index (χ1) is 9.24. The molecular weight excluding hydrogens is 240 g/mol. The van der Waals surface area contributed by atoms with Crippen molar-refractivity contribution in [1.82, 2.24) is 9.97 Å². The summed E-state index contributed by atoms with van der Waals surface area (Å²) in [6.45, 7) is 4.41. The van der Waals surface area contributed by atoms with Gasteiger partial charge in [-0.3, -0.25) is 0 Å². The summed E-state index contributed by atoms with van der Waals surface area (Å²) in [6, 6.07) is 9.69. The molecule has 2 aromatic heterocycles. The molecule has 0 radical (unpaired) electrons. The van der Waals surface area contributed by atoms with Gasteiger partial charge in [-0.05, 0) is 43.2 Å². The Labute approximate surface area is 111 Å². The molecule has 0 spiro atoms. The van der Waals surface area contributed by atoms with Crippen LogP contribution in [0.1, 0.15) is 17.0 Å². The Morgan fingerprint density at radius 2 is 2.05 bits per heavy atom. The Kier molecular flexibility index (Phi) is 2.91. The van der Waals surface area contributed by atoms with Crippen LogP contribution in [0.3, 0.4) is 0 Å². The molecule has 0 amide bonds. The molecule has 0 N–H and O–H groups in total. The summed E-state index contributed by atoms with van der Waals surface area (Å²) in [6.07, 6.45) is 1.68. The van der Waals surface area contributed by atoms with Crippen LogP contribution in [0.2, 0.25) is 0 Å². The Balaban J connectivity index is 1.80. The highest BCUT2D eigenvalue weighted by Gasteiger charge is 2.08. The van der Waals surface area contributed by atoms with E-state index in [1.54, 1.807) is 6.20 Å². The molecule has 0 aliphatic carbocycles. The molecule has 3 aromatic rings. The molecule has 19 heavy (non-hydrogen) atoms. The number of aromatic nitrogens is 2. The Morgan fingerprint density at radius 1 is 1.16 bits per heavy atom. The van der Waals surface area contributed by atoms with E-state index in [9.17, 15) is 0 Å². The van der Waals surface area contributed by atoms with Crippen LogP contribution in [0.15, 0.2) is 40.9 Å². The maximum atomic E-state index is 5.75. The van der Waals surface area contributed by atoms with Crippen molar-refractivity contribution in [3.63, 3.8) is 0 Å². The van der Waals surface area contributed by atoms with Crippen molar-refractivity contribution in [3.8, 4) is 5.75 Å². The van der Waals surface area contributed by atoms with Crippen molar-refractivity contribution >= 4 is 11.2 Å². The van der Waals surface area contributed by atoms with Crippen LogP contribution in [0, 0.1) is 13.8 Å². The van der Waals surface area contributed by atoms with Crippen molar-refractivity contribution in [1.29, 1.82) is 0 Å². The molecule has 0 saturated carbocycles. The summed E-state index contributed by atoms with van der Waals surface area (Å²) < 4.78 is 11.3. The van der Waals surface area contributed by atoms with E-state index < -0.39 is 0 Å². The van der Waals surface area contributed by atoms with Gasteiger partial charge in [0.2, 0.25) is 11.6 Å². The lowest BCUT2D eigenvalue weighted by molar-refractivity contribution is 0.265. The quantitative estimate of drug-likeness (QED) is 0.718. The fraction of sp³-hybridized carbons (Fsp3) is 0.200. The standard InChI is InChI=1S/C15H14N2O2/c1-10-5-3-7-13(11(10)2)18-9-14-17-12-6-4-8-16-15(12)19-14/h3-8H,9H2,1-2H3. The first-order valence-corrected chi connectivity index (χ1v) is 6.13. The molecule has 0 unspecified atom stereocenters. The first-order valence-electron chi connectivity index (χ1n) is 6.13. The molecule has 4 heteroatoms. The predicted octanol–water partition coefficient (Wildman–Crippen LogP) is 3.42. The van der Waals surface area contributed by atoms with E-state index in [1.807, 2.05) is 31.2 Å². The van der Waals surface area contributed by atoms with Crippen molar-refractivity contribution < 1.29 is 9.15 Å². The molecule has 0 bridgehead atoms. The average Bonchev–Trinajstić information content (AvgIpc) is 2.83. The normalized spacial score (nSPS) is 10.8. The van der Waals surface area contributed by atoms with Crippen molar-refractivity contribution in [2.24, 2.45) is 0 Å². The van der Waals surface area contributed by atoms with Crippen molar-refractivity contribution in [2.75, 3.05) is 0 Å². The molecular formula is C15H14N2O2. The molecule has 0 aliphatic rings. The van der Waals surface area contributed by atoms with Crippen molar-refractivity contribution in [3.05, 3.63) is 53.5 Å². The molecule has 0 aliphatic heterocycles. The number of rotatable bonds is 3. The molecule has 4 nitrogen and oxygen atoms in total. The van der Waals surface area contributed by atoms with Gasteiger partial charge in [0.15, 0.2) is 6.61 Å². The third-order valence-corrected chi connectivity index (χ3v) is 3.12. The van der Waals surface area contributed by atoms with Gasteiger partial charge in [0.1, 0.15) is 11.3 Å². The van der Waals surface area contributed by atoms with Gasteiger partial charge in [-0.15, -0.1) is 0 Å². The number of hydrogen-bond acceptors (Lipinski definition) is 4. The lowest BCUT2D eigenvalue weighted by Gasteiger charge is -2.08. The summed E-state index contributed by atoms with van der Waals surface area (Å²) in [4.78, 5) is 8.43. The Bertz CT molecular complexity index is 686. The zero-order valence-corrected chi connectivity index (χ0v) is 10.9. The molecule has 3 rings (SSSR count). The van der Waals surface area contributed by atoms with Gasteiger partial charge in [-0.2, -0.15) is 0 Å². The van der Waals surface area contributed by atoms with Gasteiger partial charge in [0.05, 0.1) is 0 Å². The van der Waals surface area contributed by atoms with Gasteiger partial charge >= 0.3 is 0 Å². The lowest BCUT2D eigenvalue weighted by Crippen LogP contribution is -1.98. The predicted molar refractivity (Wildman–Crippen MR) is 72.1 cm³/mol. The first kappa shape index (κ1) is 11.7. The topological polar surface area (TPSA) is 48.2 Å². The second-order valence-electron chi connectivity index (χ2n) is 4.42. The van der Waals surface area contributed by atoms with Gasteiger partial charge < -0.3 is 9.15 Å². The smallest absolute Gasteiger partial charge is 0.247 e. The molecule has 2 heterocycles. The SMILES string of the molecule is Cc1cccc(OCc2nc3cccnc3o2)c1C. The maximum Gasteiger partial charge on any atom is 0.247 e. The fourth-order valence-electron chi connectivity index (χ4n) is 1.90. The molecule has 0 saturated heterocycles. The summed E-state index contributed by atoms with van der Waals surface area (Å²) in [5.74, 6) is 1.39. The average molecular weight is 254 g/mol. The highest BCUT2D eigenvalue weighted by molar-refractivity contribution is 5.67. The third-order valence-electron chi connectivity index (χ3n) is 3.12. The number of nitrogens with zero attached hydrogens (tertiary/aromatic N) is 2. The molecule has 0 fully saturated rings. The van der Waals surface area contributed by atoms with Crippen LogP contribution in [0.25, 0.3) is 11.2 Å². The second kappa shape index (κ2) is 4.72. The van der Waals surface area contributed by atoms with Crippen LogP contribution in [0.5, 0.6) is 5.75 Å². The fourth-order valence-corrected chi connectivity index (χ4v) is 1.90. The summed E-state index contributed by atoms with van der Waals surface area (Å²) in [5, 5.41) is 0. The Hall–Kier alpha value is -2.36. The van der Waals surface area contributed by atoms with E-state index >= 15 is 0 Å². The van der Waals surface area contributed by atoms with E-state index in [4.69, 9.17) is 9.15 Å². The number of aryl methyl sites for hydroxylation is 1. The minimum Gasteiger partial charge on any atom is -0.484 e. The molecule has 96 valence electrons. The van der Waals surface area contributed by atoms with Crippen LogP contribution < -0.4 is 4.74 Å². The molecule has 1 aromatic carbocycles. The van der Waals surface area contributed by atoms with Gasteiger partial charge in [0.25, 0.3) is 0 Å². The number of pyridine rings is 1. The van der Waals surface area contributed by atoms with E-state index in [2.05, 4.69) is 23.0 Å². The number of fused-ring (bicyclic) bond motifs is 1. The lowest BCUT2D eigenvalue weighted by atomic mass is 10.1. The van der Waals surface area contributed by atoms with E-state index in [-0.39, 0.29) is 0 Å². The number of hydrogen-bond donors (Lipinski definition) is 0. The summed E-state index contributed by atoms with van der Waals surface area (Å²) in [7, 11) is 0. The number of ether oxygens (including phenoxy) is 1. The van der Waals surface area contributed by atoms with Crippen LogP contribution in [0.4, 0.5) is 0 Å².